The molecule has 2 unspecified atom stereocenters. The van der Waals surface area contributed by atoms with Crippen LogP contribution in [0.15, 0.2) is 40.1 Å². The van der Waals surface area contributed by atoms with Gasteiger partial charge in [0.15, 0.2) is 0 Å². The van der Waals surface area contributed by atoms with Crippen molar-refractivity contribution in [1.82, 2.24) is 9.55 Å². The third-order valence-electron chi connectivity index (χ3n) is 4.55. The first-order chi connectivity index (χ1) is 12.2. The van der Waals surface area contributed by atoms with Crippen molar-refractivity contribution in [3.8, 4) is 5.75 Å². The van der Waals surface area contributed by atoms with E-state index < -0.39 is 5.69 Å². The van der Waals surface area contributed by atoms with Gasteiger partial charge in [0.25, 0.3) is 5.56 Å². The van der Waals surface area contributed by atoms with Crippen LogP contribution in [0.3, 0.4) is 0 Å². The van der Waals surface area contributed by atoms with E-state index in [0.29, 0.717) is 29.9 Å². The van der Waals surface area contributed by atoms with Gasteiger partial charge < -0.3 is 19.2 Å². The molecular formula is C18H20N2O5. The molecule has 0 radical (unpaired) electrons. The second-order valence-electron chi connectivity index (χ2n) is 6.36. The number of nitrogens with zero attached hydrogens (tertiary/aromatic N) is 1. The molecule has 4 rings (SSSR count). The number of hydrogen-bond donors (Lipinski definition) is 1. The quantitative estimate of drug-likeness (QED) is 0.910. The number of ether oxygens (including phenoxy) is 3. The van der Waals surface area contributed by atoms with Gasteiger partial charge in [0.1, 0.15) is 18.0 Å². The number of aromatic amines is 1. The second-order valence-corrected chi connectivity index (χ2v) is 6.36. The maximum Gasteiger partial charge on any atom is 0.328 e. The maximum absolute atomic E-state index is 12.8. The third kappa shape index (κ3) is 3.32. The number of nitrogens with one attached hydrogen (secondary N) is 1. The van der Waals surface area contributed by atoms with E-state index in [0.717, 1.165) is 19.3 Å². The van der Waals surface area contributed by atoms with Crippen LogP contribution in [-0.2, 0) is 16.0 Å². The normalized spacial score (nSPS) is 22.9. The second kappa shape index (κ2) is 6.76. The van der Waals surface area contributed by atoms with Gasteiger partial charge in [-0.3, -0.25) is 9.36 Å². The third-order valence-corrected chi connectivity index (χ3v) is 4.55. The molecule has 0 spiro atoms. The minimum Gasteiger partial charge on any atom is -0.496 e. The molecule has 0 aliphatic carbocycles. The molecule has 2 atom stereocenters. The fourth-order valence-electron chi connectivity index (χ4n) is 3.19. The lowest BCUT2D eigenvalue weighted by atomic mass is 10.1. The Balaban J connectivity index is 1.67. The summed E-state index contributed by atoms with van der Waals surface area (Å²) in [5, 5.41) is 0.433. The first-order valence-corrected chi connectivity index (χ1v) is 8.52. The smallest absolute Gasteiger partial charge is 0.328 e. The lowest BCUT2D eigenvalue weighted by molar-refractivity contribution is 0.105. The first-order valence-electron chi connectivity index (χ1n) is 8.52. The van der Waals surface area contributed by atoms with Crippen molar-refractivity contribution in [2.75, 3.05) is 13.2 Å². The Morgan fingerprint density at radius 2 is 2.20 bits per heavy atom. The van der Waals surface area contributed by atoms with Crippen molar-refractivity contribution in [3.05, 3.63) is 51.4 Å². The molecule has 1 N–H and O–H groups in total. The van der Waals surface area contributed by atoms with Crippen LogP contribution < -0.4 is 16.0 Å². The molecule has 132 valence electrons. The zero-order chi connectivity index (χ0) is 17.2. The first kappa shape index (κ1) is 16.0. The zero-order valence-electron chi connectivity index (χ0n) is 13.8. The van der Waals surface area contributed by atoms with Crippen LogP contribution in [0, 0.1) is 0 Å². The molecule has 1 fully saturated rings. The molecule has 7 nitrogen and oxygen atoms in total. The molecule has 1 aromatic carbocycles. The molecule has 0 saturated carbocycles. The van der Waals surface area contributed by atoms with Crippen LogP contribution in [0.4, 0.5) is 0 Å². The molecule has 2 aliphatic rings. The molecule has 1 saturated heterocycles. The van der Waals surface area contributed by atoms with E-state index in [1.165, 1.54) is 4.57 Å². The predicted molar refractivity (Wildman–Crippen MR) is 91.9 cm³/mol. The van der Waals surface area contributed by atoms with Crippen LogP contribution >= 0.6 is 0 Å². The van der Waals surface area contributed by atoms with E-state index in [1.807, 2.05) is 6.08 Å². The minimum absolute atomic E-state index is 0.00450. The highest BCUT2D eigenvalue weighted by Gasteiger charge is 2.19. The summed E-state index contributed by atoms with van der Waals surface area (Å²) in [6.45, 7) is 1.48. The monoisotopic (exact) mass is 344 g/mol. The lowest BCUT2D eigenvalue weighted by Crippen LogP contribution is -2.39. The number of H-pyrrole nitrogens is 1. The minimum atomic E-state index is -0.423. The van der Waals surface area contributed by atoms with Crippen LogP contribution in [0.2, 0.25) is 0 Å². The highest BCUT2D eigenvalue weighted by Crippen LogP contribution is 2.20. The number of hydrogen-bond acceptors (Lipinski definition) is 5. The van der Waals surface area contributed by atoms with Gasteiger partial charge in [0, 0.05) is 6.42 Å². The molecule has 0 bridgehead atoms. The summed E-state index contributed by atoms with van der Waals surface area (Å²) in [7, 11) is 0. The van der Waals surface area contributed by atoms with Gasteiger partial charge >= 0.3 is 5.69 Å². The Morgan fingerprint density at radius 3 is 2.96 bits per heavy atom. The van der Waals surface area contributed by atoms with Crippen molar-refractivity contribution < 1.29 is 14.2 Å². The van der Waals surface area contributed by atoms with Crippen molar-refractivity contribution >= 4 is 10.9 Å². The SMILES string of the molecule is O=c1[nH]c2ccc(OC3CCOC3)cc2c(=O)n1CC1CCC=CO1. The summed E-state index contributed by atoms with van der Waals surface area (Å²) >= 11 is 0. The summed E-state index contributed by atoms with van der Waals surface area (Å²) in [6, 6.07) is 5.15. The molecular weight excluding hydrogens is 324 g/mol. The van der Waals surface area contributed by atoms with E-state index in [4.69, 9.17) is 14.2 Å². The Kier molecular flexibility index (Phi) is 4.31. The van der Waals surface area contributed by atoms with Gasteiger partial charge in [-0.05, 0) is 37.1 Å². The van der Waals surface area contributed by atoms with E-state index in [9.17, 15) is 9.59 Å². The Hall–Kier alpha value is -2.54. The molecule has 2 aliphatic heterocycles. The average Bonchev–Trinajstić information content (AvgIpc) is 3.13. The summed E-state index contributed by atoms with van der Waals surface area (Å²) < 4.78 is 17.8. The topological polar surface area (TPSA) is 82.6 Å². The Labute approximate surface area is 143 Å². The standard InChI is InChI=1S/C18H20N2O5/c21-17-15-9-12(25-14-6-8-23-11-14)4-5-16(15)19-18(22)20(17)10-13-3-1-2-7-24-13/h2,4-5,7,9,13-14H,1,3,6,8,10-11H2,(H,19,22). The number of aromatic nitrogens is 2. The van der Waals surface area contributed by atoms with Crippen molar-refractivity contribution in [1.29, 1.82) is 0 Å². The van der Waals surface area contributed by atoms with E-state index >= 15 is 0 Å². The number of allylic oxidation sites excluding steroid dienone is 1. The van der Waals surface area contributed by atoms with Gasteiger partial charge in [-0.1, -0.05) is 0 Å². The zero-order valence-corrected chi connectivity index (χ0v) is 13.8. The number of rotatable bonds is 4. The van der Waals surface area contributed by atoms with Crippen molar-refractivity contribution in [2.45, 2.75) is 38.0 Å². The van der Waals surface area contributed by atoms with Gasteiger partial charge in [-0.25, -0.2) is 4.79 Å². The van der Waals surface area contributed by atoms with Gasteiger partial charge in [0.2, 0.25) is 0 Å². The van der Waals surface area contributed by atoms with Crippen LogP contribution in [-0.4, -0.2) is 35.0 Å². The molecule has 1 aromatic heterocycles. The largest absolute Gasteiger partial charge is 0.496 e. The lowest BCUT2D eigenvalue weighted by Gasteiger charge is -2.20. The summed E-state index contributed by atoms with van der Waals surface area (Å²) in [5.41, 5.74) is -0.246. The van der Waals surface area contributed by atoms with E-state index in [2.05, 4.69) is 4.98 Å². The molecule has 7 heteroatoms. The molecule has 25 heavy (non-hydrogen) atoms. The molecule has 0 amide bonds. The van der Waals surface area contributed by atoms with Gasteiger partial charge in [-0.15, -0.1) is 0 Å². The van der Waals surface area contributed by atoms with Crippen molar-refractivity contribution in [3.63, 3.8) is 0 Å². The number of benzene rings is 1. The fourth-order valence-corrected chi connectivity index (χ4v) is 3.19. The summed E-state index contributed by atoms with van der Waals surface area (Å²) in [4.78, 5) is 27.8. The molecule has 2 aromatic rings. The van der Waals surface area contributed by atoms with E-state index in [1.54, 1.807) is 24.5 Å². The maximum atomic E-state index is 12.8. The van der Waals surface area contributed by atoms with Gasteiger partial charge in [0.05, 0.1) is 36.9 Å². The number of fused-ring (bicyclic) bond motifs is 1. The van der Waals surface area contributed by atoms with Crippen LogP contribution in [0.5, 0.6) is 5.75 Å². The van der Waals surface area contributed by atoms with E-state index in [-0.39, 0.29) is 24.3 Å². The highest BCUT2D eigenvalue weighted by atomic mass is 16.5. The summed E-state index contributed by atoms with van der Waals surface area (Å²) in [6.07, 6.45) is 5.89. The van der Waals surface area contributed by atoms with Crippen LogP contribution in [0.25, 0.3) is 10.9 Å². The Bertz CT molecular complexity index is 908. The fraction of sp³-hybridized carbons (Fsp3) is 0.444. The average molecular weight is 344 g/mol. The molecule has 3 heterocycles. The van der Waals surface area contributed by atoms with Crippen LogP contribution in [0.1, 0.15) is 19.3 Å². The van der Waals surface area contributed by atoms with Crippen molar-refractivity contribution in [2.24, 2.45) is 0 Å². The Morgan fingerprint density at radius 1 is 1.28 bits per heavy atom. The van der Waals surface area contributed by atoms with Gasteiger partial charge in [-0.2, -0.15) is 0 Å². The highest BCUT2D eigenvalue weighted by molar-refractivity contribution is 5.78. The predicted octanol–water partition coefficient (Wildman–Crippen LogP) is 1.55. The summed E-state index contributed by atoms with van der Waals surface area (Å²) in [5.74, 6) is 0.607.